The molecule has 0 nitrogen and oxygen atoms in total. The first-order valence-electron chi connectivity index (χ1n) is 7.96. The molecule has 0 N–H and O–H groups in total. The van der Waals surface area contributed by atoms with E-state index >= 15 is 0 Å². The fourth-order valence-electron chi connectivity index (χ4n) is 2.69. The van der Waals surface area contributed by atoms with Crippen molar-refractivity contribution in [3.8, 4) is 0 Å². The molecule has 0 radical (unpaired) electrons. The minimum Gasteiger partial charge on any atom is -0.251 e. The molecule has 0 saturated carbocycles. The second-order valence-electron chi connectivity index (χ2n) is 5.52. The summed E-state index contributed by atoms with van der Waals surface area (Å²) in [6.45, 7) is 4.31. The lowest BCUT2D eigenvalue weighted by molar-refractivity contribution is 0.473. The van der Waals surface area contributed by atoms with Gasteiger partial charge in [0.2, 0.25) is 0 Å². The Balaban J connectivity index is 2.57. The van der Waals surface area contributed by atoms with Crippen molar-refractivity contribution < 1.29 is 4.39 Å². The van der Waals surface area contributed by atoms with E-state index in [1.165, 1.54) is 49.7 Å². The second-order valence-corrected chi connectivity index (χ2v) is 5.52. The SMILES string of the molecule is CCCCCC(CCC)c1ccc(CCCF)cc1. The molecule has 0 heterocycles. The van der Waals surface area contributed by atoms with Crippen molar-refractivity contribution in [1.82, 2.24) is 0 Å². The molecule has 1 atom stereocenters. The highest BCUT2D eigenvalue weighted by molar-refractivity contribution is 5.25. The number of alkyl halides is 1. The molecule has 19 heavy (non-hydrogen) atoms. The predicted octanol–water partition coefficient (Wildman–Crippen LogP) is 6.05. The van der Waals surface area contributed by atoms with Crippen LogP contribution in [0.25, 0.3) is 0 Å². The lowest BCUT2D eigenvalue weighted by atomic mass is 9.89. The molecule has 1 aromatic carbocycles. The molecule has 0 saturated heterocycles. The van der Waals surface area contributed by atoms with Crippen molar-refractivity contribution in [3.63, 3.8) is 0 Å². The van der Waals surface area contributed by atoms with Gasteiger partial charge in [0, 0.05) is 0 Å². The topological polar surface area (TPSA) is 0 Å². The van der Waals surface area contributed by atoms with E-state index in [4.69, 9.17) is 0 Å². The third-order valence-electron chi connectivity index (χ3n) is 3.84. The van der Waals surface area contributed by atoms with Gasteiger partial charge < -0.3 is 0 Å². The van der Waals surface area contributed by atoms with Crippen LogP contribution in [-0.4, -0.2) is 6.67 Å². The zero-order chi connectivity index (χ0) is 13.9. The van der Waals surface area contributed by atoms with Crippen LogP contribution < -0.4 is 0 Å². The molecule has 0 bridgehead atoms. The summed E-state index contributed by atoms with van der Waals surface area (Å²) in [7, 11) is 0. The fourth-order valence-corrected chi connectivity index (χ4v) is 2.69. The first kappa shape index (κ1) is 16.2. The van der Waals surface area contributed by atoms with Crippen LogP contribution in [0, 0.1) is 0 Å². The van der Waals surface area contributed by atoms with Crippen LogP contribution in [0.5, 0.6) is 0 Å². The van der Waals surface area contributed by atoms with Crippen LogP contribution in [0.2, 0.25) is 0 Å². The van der Waals surface area contributed by atoms with Gasteiger partial charge in [-0.25, -0.2) is 0 Å². The Bertz CT molecular complexity index is 315. The molecule has 1 unspecified atom stereocenters. The average Bonchev–Trinajstić information content (AvgIpc) is 2.45. The number of aryl methyl sites for hydroxylation is 1. The Morgan fingerprint density at radius 2 is 1.63 bits per heavy atom. The molecule has 108 valence electrons. The number of benzene rings is 1. The first-order valence-corrected chi connectivity index (χ1v) is 7.96. The van der Waals surface area contributed by atoms with Gasteiger partial charge in [0.1, 0.15) is 0 Å². The molecule has 0 aromatic heterocycles. The smallest absolute Gasteiger partial charge is 0.0897 e. The van der Waals surface area contributed by atoms with Gasteiger partial charge in [0.05, 0.1) is 6.67 Å². The number of rotatable bonds is 10. The fraction of sp³-hybridized carbons (Fsp3) is 0.667. The monoisotopic (exact) mass is 264 g/mol. The minimum atomic E-state index is -0.211. The van der Waals surface area contributed by atoms with Crippen LogP contribution in [0.3, 0.4) is 0 Å². The molecule has 0 amide bonds. The van der Waals surface area contributed by atoms with Crippen LogP contribution in [0.1, 0.15) is 75.8 Å². The van der Waals surface area contributed by atoms with Crippen LogP contribution in [-0.2, 0) is 6.42 Å². The number of hydrogen-bond acceptors (Lipinski definition) is 0. The molecule has 0 aliphatic heterocycles. The summed E-state index contributed by atoms with van der Waals surface area (Å²) in [6.07, 6.45) is 9.33. The molecular weight excluding hydrogens is 235 g/mol. The zero-order valence-electron chi connectivity index (χ0n) is 12.6. The van der Waals surface area contributed by atoms with Crippen LogP contribution in [0.4, 0.5) is 4.39 Å². The summed E-state index contributed by atoms with van der Waals surface area (Å²) in [5, 5.41) is 0. The minimum absolute atomic E-state index is 0.211. The third kappa shape index (κ3) is 6.22. The summed E-state index contributed by atoms with van der Waals surface area (Å²) < 4.78 is 12.2. The first-order chi connectivity index (χ1) is 9.31. The predicted molar refractivity (Wildman–Crippen MR) is 82.5 cm³/mol. The van der Waals surface area contributed by atoms with Crippen molar-refractivity contribution in [2.75, 3.05) is 6.67 Å². The summed E-state index contributed by atoms with van der Waals surface area (Å²) in [6, 6.07) is 8.90. The normalized spacial score (nSPS) is 12.6. The molecule has 0 fully saturated rings. The third-order valence-corrected chi connectivity index (χ3v) is 3.84. The Hall–Kier alpha value is -0.850. The van der Waals surface area contributed by atoms with E-state index in [-0.39, 0.29) is 6.67 Å². The van der Waals surface area contributed by atoms with Crippen molar-refractivity contribution in [1.29, 1.82) is 0 Å². The highest BCUT2D eigenvalue weighted by atomic mass is 19.1. The van der Waals surface area contributed by atoms with Gasteiger partial charge >= 0.3 is 0 Å². The molecule has 0 aliphatic rings. The lowest BCUT2D eigenvalue weighted by Crippen LogP contribution is -1.99. The molecule has 1 aromatic rings. The Morgan fingerprint density at radius 3 is 2.21 bits per heavy atom. The van der Waals surface area contributed by atoms with E-state index in [0.29, 0.717) is 12.3 Å². The average molecular weight is 264 g/mol. The van der Waals surface area contributed by atoms with Crippen molar-refractivity contribution in [2.24, 2.45) is 0 Å². The molecule has 0 spiro atoms. The van der Waals surface area contributed by atoms with E-state index in [1.807, 2.05) is 0 Å². The summed E-state index contributed by atoms with van der Waals surface area (Å²) in [5.41, 5.74) is 2.74. The van der Waals surface area contributed by atoms with Gasteiger partial charge in [-0.2, -0.15) is 0 Å². The molecular formula is C18H29F. The quantitative estimate of drug-likeness (QED) is 0.451. The van der Waals surface area contributed by atoms with E-state index in [2.05, 4.69) is 38.1 Å². The van der Waals surface area contributed by atoms with Crippen LogP contribution >= 0.6 is 0 Å². The molecule has 1 rings (SSSR count). The highest BCUT2D eigenvalue weighted by Gasteiger charge is 2.10. The second kappa shape index (κ2) is 10.00. The van der Waals surface area contributed by atoms with Gasteiger partial charge in [-0.1, -0.05) is 63.8 Å². The van der Waals surface area contributed by atoms with Crippen LogP contribution in [0.15, 0.2) is 24.3 Å². The maximum Gasteiger partial charge on any atom is 0.0897 e. The standard InChI is InChI=1S/C18H29F/c1-3-5-6-10-17(8-4-2)18-13-11-16(12-14-18)9-7-15-19/h11-14,17H,3-10,15H2,1-2H3. The summed E-state index contributed by atoms with van der Waals surface area (Å²) in [5.74, 6) is 0.715. The highest BCUT2D eigenvalue weighted by Crippen LogP contribution is 2.27. The maximum atomic E-state index is 12.2. The lowest BCUT2D eigenvalue weighted by Gasteiger charge is -2.17. The summed E-state index contributed by atoms with van der Waals surface area (Å²) >= 11 is 0. The number of unbranched alkanes of at least 4 members (excludes halogenated alkanes) is 2. The van der Waals surface area contributed by atoms with Gasteiger partial charge in [0.25, 0.3) is 0 Å². The summed E-state index contributed by atoms with van der Waals surface area (Å²) in [4.78, 5) is 0. The van der Waals surface area contributed by atoms with Gasteiger partial charge in [-0.15, -0.1) is 0 Å². The van der Waals surface area contributed by atoms with Crippen molar-refractivity contribution in [2.45, 2.75) is 71.1 Å². The number of halogens is 1. The Labute approximate surface area is 118 Å². The van der Waals surface area contributed by atoms with Gasteiger partial charge in [0.15, 0.2) is 0 Å². The molecule has 0 aliphatic carbocycles. The van der Waals surface area contributed by atoms with Crippen molar-refractivity contribution >= 4 is 0 Å². The maximum absolute atomic E-state index is 12.2. The zero-order valence-corrected chi connectivity index (χ0v) is 12.6. The largest absolute Gasteiger partial charge is 0.251 e. The van der Waals surface area contributed by atoms with Gasteiger partial charge in [-0.05, 0) is 42.7 Å². The molecule has 1 heteroatoms. The van der Waals surface area contributed by atoms with Gasteiger partial charge in [-0.3, -0.25) is 4.39 Å². The van der Waals surface area contributed by atoms with E-state index < -0.39 is 0 Å². The number of hydrogen-bond donors (Lipinski definition) is 0. The Morgan fingerprint density at radius 1 is 0.895 bits per heavy atom. The Kier molecular flexibility index (Phi) is 8.53. The van der Waals surface area contributed by atoms with E-state index in [0.717, 1.165) is 6.42 Å². The van der Waals surface area contributed by atoms with E-state index in [9.17, 15) is 4.39 Å². The van der Waals surface area contributed by atoms with Crippen molar-refractivity contribution in [3.05, 3.63) is 35.4 Å². The van der Waals surface area contributed by atoms with E-state index in [1.54, 1.807) is 0 Å².